The zero-order valence-electron chi connectivity index (χ0n) is 11.8. The molecule has 0 radical (unpaired) electrons. The number of rotatable bonds is 5. The number of halogens is 2. The molecule has 19 heavy (non-hydrogen) atoms. The molecule has 1 rings (SSSR count). The van der Waals surface area contributed by atoms with Gasteiger partial charge in [0, 0.05) is 0 Å². The number of carbonyl (C=O) groups is 1. The van der Waals surface area contributed by atoms with Crippen LogP contribution in [0.3, 0.4) is 0 Å². The molecule has 0 aliphatic heterocycles. The van der Waals surface area contributed by atoms with Gasteiger partial charge in [0.15, 0.2) is 0 Å². The second-order valence-electron chi connectivity index (χ2n) is 5.93. The average Bonchev–Trinajstić information content (AvgIpc) is 2.73. The summed E-state index contributed by atoms with van der Waals surface area (Å²) in [5.41, 5.74) is -0.384. The van der Waals surface area contributed by atoms with Gasteiger partial charge in [0.05, 0.1) is 12.6 Å². The summed E-state index contributed by atoms with van der Waals surface area (Å²) in [4.78, 5) is 12.0. The molecular formula is C15H20F2O2. The number of ether oxygens (including phenoxy) is 1. The van der Waals surface area contributed by atoms with Crippen LogP contribution in [-0.4, -0.2) is 18.7 Å². The predicted molar refractivity (Wildman–Crippen MR) is 69.5 cm³/mol. The highest BCUT2D eigenvalue weighted by Crippen LogP contribution is 2.68. The van der Waals surface area contributed by atoms with Gasteiger partial charge in [0.1, 0.15) is 5.83 Å². The number of esters is 1. The minimum absolute atomic E-state index is 0.0814. The fourth-order valence-corrected chi connectivity index (χ4v) is 2.44. The van der Waals surface area contributed by atoms with E-state index in [1.54, 1.807) is 0 Å². The van der Waals surface area contributed by atoms with E-state index >= 15 is 0 Å². The van der Waals surface area contributed by atoms with Crippen molar-refractivity contribution in [3.63, 3.8) is 0 Å². The average molecular weight is 270 g/mol. The topological polar surface area (TPSA) is 26.3 Å². The molecule has 0 aromatic carbocycles. The van der Waals surface area contributed by atoms with E-state index in [-0.39, 0.29) is 23.2 Å². The van der Waals surface area contributed by atoms with Crippen molar-refractivity contribution in [3.8, 4) is 12.3 Å². The first-order chi connectivity index (χ1) is 8.70. The lowest BCUT2D eigenvalue weighted by Gasteiger charge is -2.11. The minimum Gasteiger partial charge on any atom is -0.441 e. The predicted octanol–water partition coefficient (Wildman–Crippen LogP) is 3.43. The van der Waals surface area contributed by atoms with E-state index < -0.39 is 24.6 Å². The van der Waals surface area contributed by atoms with Crippen LogP contribution in [0.4, 0.5) is 8.78 Å². The molecule has 0 aromatic rings. The molecule has 1 atom stereocenters. The maximum atomic E-state index is 13.6. The van der Waals surface area contributed by atoms with Crippen LogP contribution in [0.1, 0.15) is 34.1 Å². The summed E-state index contributed by atoms with van der Waals surface area (Å²) in [6.45, 7) is 7.15. The van der Waals surface area contributed by atoms with Crippen LogP contribution in [0.2, 0.25) is 0 Å². The largest absolute Gasteiger partial charge is 0.441 e. The molecule has 0 amide bonds. The van der Waals surface area contributed by atoms with Crippen LogP contribution in [0.5, 0.6) is 0 Å². The van der Waals surface area contributed by atoms with E-state index in [9.17, 15) is 13.6 Å². The lowest BCUT2D eigenvalue weighted by atomic mass is 10.0. The third-order valence-corrected chi connectivity index (χ3v) is 4.34. The van der Waals surface area contributed by atoms with Crippen LogP contribution in [0, 0.1) is 29.1 Å². The van der Waals surface area contributed by atoms with Gasteiger partial charge in [-0.05, 0) is 23.3 Å². The molecule has 106 valence electrons. The Labute approximate surface area is 113 Å². The Kier molecular flexibility index (Phi) is 4.39. The molecular weight excluding hydrogens is 250 g/mol. The molecule has 0 spiro atoms. The van der Waals surface area contributed by atoms with Gasteiger partial charge in [-0.1, -0.05) is 33.6 Å². The second-order valence-corrected chi connectivity index (χ2v) is 5.93. The molecule has 2 nitrogen and oxygen atoms in total. The normalized spacial score (nSPS) is 22.5. The van der Waals surface area contributed by atoms with Gasteiger partial charge in [-0.25, -0.2) is 4.39 Å². The summed E-state index contributed by atoms with van der Waals surface area (Å²) < 4.78 is 30.5. The Morgan fingerprint density at radius 3 is 2.32 bits per heavy atom. The molecule has 0 N–H and O–H groups in total. The highest BCUT2D eigenvalue weighted by Gasteiger charge is 2.69. The molecule has 0 aromatic heterocycles. The van der Waals surface area contributed by atoms with Gasteiger partial charge in [0.2, 0.25) is 6.10 Å². The van der Waals surface area contributed by atoms with E-state index in [1.165, 1.54) is 0 Å². The molecule has 1 fully saturated rings. The van der Waals surface area contributed by atoms with Crippen molar-refractivity contribution in [1.29, 1.82) is 0 Å². The van der Waals surface area contributed by atoms with Crippen molar-refractivity contribution in [1.82, 2.24) is 0 Å². The van der Waals surface area contributed by atoms with Gasteiger partial charge < -0.3 is 4.74 Å². The van der Waals surface area contributed by atoms with Crippen LogP contribution in [0.25, 0.3) is 0 Å². The van der Waals surface area contributed by atoms with Crippen LogP contribution in [-0.2, 0) is 9.53 Å². The molecule has 4 heteroatoms. The van der Waals surface area contributed by atoms with Crippen molar-refractivity contribution in [2.45, 2.75) is 40.2 Å². The summed E-state index contributed by atoms with van der Waals surface area (Å²) in [5, 5.41) is 0. The molecule has 0 heterocycles. The first-order valence-electron chi connectivity index (χ1n) is 6.28. The van der Waals surface area contributed by atoms with Crippen molar-refractivity contribution in [3.05, 3.63) is 11.9 Å². The fraction of sp³-hybridized carbons (Fsp3) is 0.667. The molecule has 0 bridgehead atoms. The number of carbonyl (C=O) groups excluding carboxylic acids is 1. The van der Waals surface area contributed by atoms with Gasteiger partial charge in [0.25, 0.3) is 0 Å². The van der Waals surface area contributed by atoms with E-state index in [0.717, 1.165) is 6.08 Å². The van der Waals surface area contributed by atoms with Gasteiger partial charge in [-0.15, -0.1) is 6.42 Å². The first-order valence-corrected chi connectivity index (χ1v) is 6.28. The monoisotopic (exact) mass is 270 g/mol. The number of alkyl halides is 1. The van der Waals surface area contributed by atoms with Crippen molar-refractivity contribution in [2.24, 2.45) is 16.7 Å². The Hall–Kier alpha value is -1.37. The zero-order chi connectivity index (χ0) is 14.8. The molecule has 1 saturated carbocycles. The maximum absolute atomic E-state index is 13.6. The Morgan fingerprint density at radius 2 is 1.95 bits per heavy atom. The summed E-state index contributed by atoms with van der Waals surface area (Å²) in [6, 6.07) is 0. The third kappa shape index (κ3) is 2.80. The van der Waals surface area contributed by atoms with E-state index in [1.807, 2.05) is 27.7 Å². The van der Waals surface area contributed by atoms with Crippen LogP contribution < -0.4 is 0 Å². The number of hydrogen-bond acceptors (Lipinski definition) is 2. The van der Waals surface area contributed by atoms with Crippen molar-refractivity contribution in [2.75, 3.05) is 6.67 Å². The minimum atomic E-state index is -1.36. The number of allylic oxidation sites excluding steroid dienone is 1. The van der Waals surface area contributed by atoms with Gasteiger partial charge in [-0.2, -0.15) is 0 Å². The summed E-state index contributed by atoms with van der Waals surface area (Å²) >= 11 is 0. The summed E-state index contributed by atoms with van der Waals surface area (Å²) in [6.07, 6.45) is 4.73. The lowest BCUT2D eigenvalue weighted by Crippen LogP contribution is -2.20. The Morgan fingerprint density at radius 1 is 1.42 bits per heavy atom. The number of hydrogen-bond donors (Lipinski definition) is 0. The number of terminal acetylenes is 1. The first kappa shape index (κ1) is 15.7. The third-order valence-electron chi connectivity index (χ3n) is 4.34. The molecule has 0 saturated heterocycles. The summed E-state index contributed by atoms with van der Waals surface area (Å²) in [5.74, 6) is 0.483. The smallest absolute Gasteiger partial charge is 0.311 e. The second kappa shape index (κ2) is 5.32. The lowest BCUT2D eigenvalue weighted by molar-refractivity contribution is -0.148. The van der Waals surface area contributed by atoms with Crippen molar-refractivity contribution < 1.29 is 18.3 Å². The van der Waals surface area contributed by atoms with Gasteiger partial charge >= 0.3 is 5.97 Å². The van der Waals surface area contributed by atoms with Gasteiger partial charge in [-0.3, -0.25) is 9.18 Å². The Bertz CT molecular complexity index is 416. The standard InChI is InChI=1S/C15H20F2O2/c1-6-11(10(17)8-7-9-16)19-13(18)12-14(2,3)15(12,4)5/h1,8,11-12H,7,9H2,2-5H3/b10-8-. The van der Waals surface area contributed by atoms with Crippen molar-refractivity contribution >= 4 is 5.97 Å². The fourth-order valence-electron chi connectivity index (χ4n) is 2.44. The van der Waals surface area contributed by atoms with Crippen LogP contribution >= 0.6 is 0 Å². The zero-order valence-corrected chi connectivity index (χ0v) is 11.8. The molecule has 1 unspecified atom stereocenters. The van der Waals surface area contributed by atoms with E-state index in [0.29, 0.717) is 0 Å². The molecule has 1 aliphatic carbocycles. The van der Waals surface area contributed by atoms with E-state index in [2.05, 4.69) is 5.92 Å². The van der Waals surface area contributed by atoms with E-state index in [4.69, 9.17) is 11.2 Å². The maximum Gasteiger partial charge on any atom is 0.311 e. The summed E-state index contributed by atoms with van der Waals surface area (Å²) in [7, 11) is 0. The SMILES string of the molecule is C#CC(OC(=O)C1C(C)(C)C1(C)C)/C(F)=C/CCF. The quantitative estimate of drug-likeness (QED) is 0.565. The molecule has 1 aliphatic rings. The highest BCUT2D eigenvalue weighted by molar-refractivity contribution is 5.79. The Balaban J connectivity index is 2.70. The van der Waals surface area contributed by atoms with Crippen LogP contribution in [0.15, 0.2) is 11.9 Å². The highest BCUT2D eigenvalue weighted by atomic mass is 19.1.